The van der Waals surface area contributed by atoms with Gasteiger partial charge in [0.05, 0.1) is 17.5 Å². The van der Waals surface area contributed by atoms with E-state index in [9.17, 15) is 19.7 Å². The first-order valence-electron chi connectivity index (χ1n) is 8.53. The van der Waals surface area contributed by atoms with Crippen molar-refractivity contribution in [1.82, 2.24) is 15.1 Å². The van der Waals surface area contributed by atoms with Gasteiger partial charge in [-0.3, -0.25) is 14.9 Å². The van der Waals surface area contributed by atoms with E-state index < -0.39 is 29.3 Å². The molecule has 0 atom stereocenters. The van der Waals surface area contributed by atoms with Gasteiger partial charge in [-0.25, -0.2) is 4.79 Å². The van der Waals surface area contributed by atoms with Crippen LogP contribution in [0.2, 0.25) is 0 Å². The first-order chi connectivity index (χ1) is 14.0. The number of carbonyl (C=O) groups is 2. The lowest BCUT2D eigenvalue weighted by atomic mass is 10.4. The molecule has 3 rings (SSSR count). The van der Waals surface area contributed by atoms with Crippen molar-refractivity contribution in [2.45, 2.75) is 19.9 Å². The monoisotopic (exact) mass is 420 g/mol. The Morgan fingerprint density at radius 2 is 2.10 bits per heavy atom. The Morgan fingerprint density at radius 3 is 2.76 bits per heavy atom. The second-order valence-electron chi connectivity index (χ2n) is 5.76. The molecule has 1 amide bonds. The number of ether oxygens (including phenoxy) is 1. The van der Waals surface area contributed by atoms with Crippen molar-refractivity contribution < 1.29 is 28.1 Å². The average molecular weight is 420 g/mol. The fraction of sp³-hybridized carbons (Fsp3) is 0.294. The van der Waals surface area contributed by atoms with Crippen LogP contribution in [0.1, 0.15) is 29.8 Å². The number of carbonyl (C=O) groups excluding carboxylic acids is 2. The summed E-state index contributed by atoms with van der Waals surface area (Å²) in [5, 5.41) is 20.4. The average Bonchev–Trinajstić information content (AvgIpc) is 3.46. The lowest BCUT2D eigenvalue weighted by Crippen LogP contribution is -2.35. The van der Waals surface area contributed by atoms with Gasteiger partial charge in [-0.1, -0.05) is 13.0 Å². The summed E-state index contributed by atoms with van der Waals surface area (Å²) in [5.41, 5.74) is 0. The summed E-state index contributed by atoms with van der Waals surface area (Å²) < 4.78 is 15.2. The molecule has 0 unspecified atom stereocenters. The second-order valence-corrected chi connectivity index (χ2v) is 6.71. The minimum atomic E-state index is -0.972. The molecule has 0 spiro atoms. The third-order valence-electron chi connectivity index (χ3n) is 3.67. The minimum absolute atomic E-state index is 0.0643. The van der Waals surface area contributed by atoms with Crippen molar-refractivity contribution in [3.63, 3.8) is 0 Å². The molecule has 152 valence electrons. The lowest BCUT2D eigenvalue weighted by Gasteiger charge is -2.19. The van der Waals surface area contributed by atoms with E-state index in [0.29, 0.717) is 18.9 Å². The van der Waals surface area contributed by atoms with Gasteiger partial charge in [-0.2, -0.15) is 0 Å². The zero-order chi connectivity index (χ0) is 20.8. The van der Waals surface area contributed by atoms with Crippen LogP contribution in [-0.2, 0) is 16.1 Å². The summed E-state index contributed by atoms with van der Waals surface area (Å²) in [6.07, 6.45) is 0.663. The molecular formula is C17H16N4O7S. The molecule has 0 aliphatic heterocycles. The maximum atomic E-state index is 12.4. The number of hydrogen-bond acceptors (Lipinski definition) is 10. The predicted molar refractivity (Wildman–Crippen MR) is 99.0 cm³/mol. The number of thiophene rings is 1. The molecule has 0 aliphatic carbocycles. The topological polar surface area (TPSA) is 142 Å². The van der Waals surface area contributed by atoms with Crippen LogP contribution >= 0.6 is 11.3 Å². The Bertz CT molecular complexity index is 995. The Morgan fingerprint density at radius 1 is 1.28 bits per heavy atom. The van der Waals surface area contributed by atoms with Gasteiger partial charge in [-0.15, -0.1) is 21.5 Å². The van der Waals surface area contributed by atoms with Gasteiger partial charge in [0.2, 0.25) is 11.7 Å². The zero-order valence-electron chi connectivity index (χ0n) is 15.3. The molecule has 0 fully saturated rings. The molecule has 0 bridgehead atoms. The highest BCUT2D eigenvalue weighted by molar-refractivity contribution is 7.13. The maximum absolute atomic E-state index is 12.4. The summed E-state index contributed by atoms with van der Waals surface area (Å²) >= 11 is 1.45. The van der Waals surface area contributed by atoms with Crippen molar-refractivity contribution >= 4 is 29.1 Å². The number of rotatable bonds is 9. The lowest BCUT2D eigenvalue weighted by molar-refractivity contribution is -0.402. The summed E-state index contributed by atoms with van der Waals surface area (Å²) in [6.45, 7) is 1.78. The first-order valence-corrected chi connectivity index (χ1v) is 9.41. The molecule has 29 heavy (non-hydrogen) atoms. The number of nitro groups is 1. The fourth-order valence-corrected chi connectivity index (χ4v) is 3.01. The smallest absolute Gasteiger partial charge is 0.433 e. The molecule has 11 nitrogen and oxygen atoms in total. The van der Waals surface area contributed by atoms with E-state index in [1.807, 2.05) is 24.4 Å². The third kappa shape index (κ3) is 5.04. The van der Waals surface area contributed by atoms with E-state index in [0.717, 1.165) is 17.0 Å². The number of nitrogens with zero attached hydrogens (tertiary/aromatic N) is 4. The van der Waals surface area contributed by atoms with Gasteiger partial charge >= 0.3 is 11.9 Å². The van der Waals surface area contributed by atoms with Gasteiger partial charge in [0, 0.05) is 6.54 Å². The quantitative estimate of drug-likeness (QED) is 0.290. The zero-order valence-corrected chi connectivity index (χ0v) is 16.1. The van der Waals surface area contributed by atoms with E-state index in [1.54, 1.807) is 0 Å². The molecule has 0 saturated carbocycles. The first kappa shape index (κ1) is 20.2. The van der Waals surface area contributed by atoms with Crippen LogP contribution in [0, 0.1) is 10.1 Å². The van der Waals surface area contributed by atoms with Gasteiger partial charge in [0.1, 0.15) is 4.92 Å². The molecule has 0 radical (unpaired) electrons. The number of furan rings is 1. The highest BCUT2D eigenvalue weighted by Crippen LogP contribution is 2.23. The van der Waals surface area contributed by atoms with Gasteiger partial charge in [-0.05, 0) is 23.9 Å². The summed E-state index contributed by atoms with van der Waals surface area (Å²) in [7, 11) is 0. The van der Waals surface area contributed by atoms with Crippen molar-refractivity contribution in [2.75, 3.05) is 13.2 Å². The van der Waals surface area contributed by atoms with Crippen LogP contribution in [-0.4, -0.2) is 45.0 Å². The Hall–Kier alpha value is -3.54. The van der Waals surface area contributed by atoms with E-state index in [2.05, 4.69) is 10.2 Å². The van der Waals surface area contributed by atoms with E-state index >= 15 is 0 Å². The van der Waals surface area contributed by atoms with Crippen molar-refractivity contribution in [3.05, 3.63) is 51.4 Å². The molecule has 0 N–H and O–H groups in total. The van der Waals surface area contributed by atoms with Gasteiger partial charge in [0.15, 0.2) is 6.61 Å². The van der Waals surface area contributed by atoms with Crippen LogP contribution in [0.25, 0.3) is 10.8 Å². The molecular weight excluding hydrogens is 404 g/mol. The Balaban J connectivity index is 1.59. The molecule has 3 heterocycles. The second kappa shape index (κ2) is 9.10. The molecule has 0 aliphatic rings. The number of esters is 1. The van der Waals surface area contributed by atoms with Crippen molar-refractivity contribution in [2.24, 2.45) is 0 Å². The van der Waals surface area contributed by atoms with E-state index in [1.165, 1.54) is 16.2 Å². The molecule has 0 aromatic carbocycles. The summed E-state index contributed by atoms with van der Waals surface area (Å²) in [4.78, 5) is 36.4. The van der Waals surface area contributed by atoms with Crippen LogP contribution in [0.3, 0.4) is 0 Å². The number of aromatic nitrogens is 2. The van der Waals surface area contributed by atoms with Gasteiger partial charge in [0.25, 0.3) is 11.8 Å². The van der Waals surface area contributed by atoms with Gasteiger partial charge < -0.3 is 18.5 Å². The Kier molecular flexibility index (Phi) is 6.34. The SMILES string of the molecule is CCCN(Cc1nnc(-c2cccs2)o1)C(=O)COC(=O)c1ccc([N+](=O)[O-])o1. The van der Waals surface area contributed by atoms with Crippen molar-refractivity contribution in [1.29, 1.82) is 0 Å². The molecule has 12 heteroatoms. The van der Waals surface area contributed by atoms with Crippen LogP contribution < -0.4 is 0 Å². The highest BCUT2D eigenvalue weighted by Gasteiger charge is 2.22. The maximum Gasteiger partial charge on any atom is 0.433 e. The predicted octanol–water partition coefficient (Wildman–Crippen LogP) is 2.89. The molecule has 3 aromatic heterocycles. The highest BCUT2D eigenvalue weighted by atomic mass is 32.1. The van der Waals surface area contributed by atoms with Crippen LogP contribution in [0.5, 0.6) is 0 Å². The van der Waals surface area contributed by atoms with E-state index in [4.69, 9.17) is 13.6 Å². The minimum Gasteiger partial charge on any atom is -0.450 e. The van der Waals surface area contributed by atoms with Crippen LogP contribution in [0.15, 0.2) is 38.5 Å². The number of amides is 1. The molecule has 0 saturated heterocycles. The largest absolute Gasteiger partial charge is 0.450 e. The number of hydrogen-bond donors (Lipinski definition) is 0. The Labute approximate surface area is 168 Å². The summed E-state index contributed by atoms with van der Waals surface area (Å²) in [5.74, 6) is -1.77. The standard InChI is InChI=1S/C17H16N4O7S/c1-2-7-20(9-13-18-19-16(28-13)12-4-3-8-29-12)14(22)10-26-17(23)11-5-6-15(27-11)21(24)25/h3-6,8H,2,7,9-10H2,1H3. The normalized spacial score (nSPS) is 10.7. The third-order valence-corrected chi connectivity index (χ3v) is 4.53. The fourth-order valence-electron chi connectivity index (χ4n) is 2.37. The molecule has 3 aromatic rings. The van der Waals surface area contributed by atoms with Crippen LogP contribution in [0.4, 0.5) is 5.88 Å². The van der Waals surface area contributed by atoms with E-state index in [-0.39, 0.29) is 18.2 Å². The van der Waals surface area contributed by atoms with Crippen molar-refractivity contribution in [3.8, 4) is 10.8 Å². The summed E-state index contributed by atoms with van der Waals surface area (Å²) in [6, 6.07) is 5.84.